The highest BCUT2D eigenvalue weighted by Gasteiger charge is 2.21. The lowest BCUT2D eigenvalue weighted by Gasteiger charge is -2.35. The fourth-order valence-corrected chi connectivity index (χ4v) is 3.49. The van der Waals surface area contributed by atoms with Crippen molar-refractivity contribution in [1.82, 2.24) is 0 Å². The first-order valence-corrected chi connectivity index (χ1v) is 8.27. The molecule has 1 unspecified atom stereocenters. The number of benzene rings is 1. The zero-order chi connectivity index (χ0) is 14.5. The van der Waals surface area contributed by atoms with Crippen molar-refractivity contribution in [3.05, 3.63) is 28.8 Å². The van der Waals surface area contributed by atoms with Gasteiger partial charge in [0.05, 0.1) is 0 Å². The summed E-state index contributed by atoms with van der Waals surface area (Å²) >= 11 is 6.39. The smallest absolute Gasteiger partial charge is 0.0459 e. The fraction of sp³-hybridized carbons (Fsp3) is 0.647. The van der Waals surface area contributed by atoms with E-state index >= 15 is 0 Å². The second-order valence-electron chi connectivity index (χ2n) is 6.14. The van der Waals surface area contributed by atoms with Gasteiger partial charge in [0.15, 0.2) is 0 Å². The molecule has 0 radical (unpaired) electrons. The van der Waals surface area contributed by atoms with Crippen molar-refractivity contribution < 1.29 is 0 Å². The number of piperidine rings is 1. The minimum atomic E-state index is 0.145. The van der Waals surface area contributed by atoms with Crippen LogP contribution in [-0.4, -0.2) is 19.1 Å². The summed E-state index contributed by atoms with van der Waals surface area (Å²) in [6.07, 6.45) is 6.13. The van der Waals surface area contributed by atoms with Gasteiger partial charge in [0.1, 0.15) is 0 Å². The molecule has 0 saturated carbocycles. The van der Waals surface area contributed by atoms with Crippen LogP contribution in [0.15, 0.2) is 18.2 Å². The minimum Gasteiger partial charge on any atom is -0.371 e. The number of hydrogen-bond acceptors (Lipinski definition) is 2. The van der Waals surface area contributed by atoms with Crippen molar-refractivity contribution in [2.24, 2.45) is 11.7 Å². The molecular weight excluding hydrogens is 268 g/mol. The molecular formula is C17H27ClN2. The molecule has 1 aromatic carbocycles. The van der Waals surface area contributed by atoms with Crippen molar-refractivity contribution >= 4 is 17.3 Å². The molecule has 0 amide bonds. The largest absolute Gasteiger partial charge is 0.371 e. The first kappa shape index (κ1) is 15.7. The van der Waals surface area contributed by atoms with Crippen LogP contribution in [0.25, 0.3) is 0 Å². The molecule has 112 valence electrons. The molecule has 1 aliphatic rings. The summed E-state index contributed by atoms with van der Waals surface area (Å²) in [6, 6.07) is 6.38. The van der Waals surface area contributed by atoms with Crippen molar-refractivity contribution in [3.8, 4) is 0 Å². The molecule has 1 aliphatic heterocycles. The molecule has 0 spiro atoms. The van der Waals surface area contributed by atoms with Crippen LogP contribution < -0.4 is 10.6 Å². The number of rotatable bonds is 5. The topological polar surface area (TPSA) is 29.3 Å². The minimum absolute atomic E-state index is 0.145. The molecule has 3 heteroatoms. The van der Waals surface area contributed by atoms with Crippen LogP contribution in [0.3, 0.4) is 0 Å². The lowest BCUT2D eigenvalue weighted by atomic mass is 9.91. The predicted octanol–water partition coefficient (Wildman–Crippen LogP) is 4.25. The Hall–Kier alpha value is -0.730. The Morgan fingerprint density at radius 3 is 2.65 bits per heavy atom. The van der Waals surface area contributed by atoms with E-state index in [0.29, 0.717) is 0 Å². The Morgan fingerprint density at radius 1 is 1.35 bits per heavy atom. The van der Waals surface area contributed by atoms with E-state index in [9.17, 15) is 0 Å². The van der Waals surface area contributed by atoms with Crippen molar-refractivity contribution in [2.45, 2.75) is 52.0 Å². The first-order valence-electron chi connectivity index (χ1n) is 7.89. The number of nitrogens with two attached hydrogens (primary N) is 1. The van der Waals surface area contributed by atoms with Crippen LogP contribution in [0.2, 0.25) is 5.02 Å². The average Bonchev–Trinajstić information content (AvgIpc) is 2.42. The Balaban J connectivity index is 2.11. The van der Waals surface area contributed by atoms with E-state index in [0.717, 1.165) is 30.5 Å². The van der Waals surface area contributed by atoms with E-state index in [1.807, 2.05) is 13.0 Å². The van der Waals surface area contributed by atoms with Gasteiger partial charge in [-0.2, -0.15) is 0 Å². The van der Waals surface area contributed by atoms with Gasteiger partial charge in [0, 0.05) is 29.8 Å². The quantitative estimate of drug-likeness (QED) is 0.880. The van der Waals surface area contributed by atoms with Gasteiger partial charge in [-0.15, -0.1) is 0 Å². The standard InChI is InChI=1S/C17H27ClN2/c1-3-5-14-8-10-20(11-9-14)17-7-4-6-16(18)15(17)12-13(2)19/h4,6-7,13-14H,3,5,8-12,19H2,1-2H3. The third-order valence-electron chi connectivity index (χ3n) is 4.27. The van der Waals surface area contributed by atoms with E-state index in [1.165, 1.54) is 36.9 Å². The van der Waals surface area contributed by atoms with Gasteiger partial charge < -0.3 is 10.6 Å². The molecule has 0 aromatic heterocycles. The van der Waals surface area contributed by atoms with Crippen molar-refractivity contribution in [1.29, 1.82) is 0 Å². The average molecular weight is 295 g/mol. The summed E-state index contributed by atoms with van der Waals surface area (Å²) in [7, 11) is 0. The third-order valence-corrected chi connectivity index (χ3v) is 4.63. The zero-order valence-electron chi connectivity index (χ0n) is 12.7. The number of halogens is 1. The Kier molecular flexibility index (Phi) is 5.74. The first-order chi connectivity index (χ1) is 9.61. The van der Waals surface area contributed by atoms with Gasteiger partial charge in [0.2, 0.25) is 0 Å². The molecule has 0 aliphatic carbocycles. The highest BCUT2D eigenvalue weighted by Crippen LogP contribution is 2.32. The van der Waals surface area contributed by atoms with Gasteiger partial charge in [-0.25, -0.2) is 0 Å². The van der Waals surface area contributed by atoms with Crippen molar-refractivity contribution in [3.63, 3.8) is 0 Å². The van der Waals surface area contributed by atoms with Crippen LogP contribution in [0.1, 0.15) is 45.1 Å². The molecule has 1 fully saturated rings. The number of hydrogen-bond donors (Lipinski definition) is 1. The lowest BCUT2D eigenvalue weighted by Crippen LogP contribution is -2.34. The lowest BCUT2D eigenvalue weighted by molar-refractivity contribution is 0.378. The highest BCUT2D eigenvalue weighted by atomic mass is 35.5. The number of nitrogens with zero attached hydrogens (tertiary/aromatic N) is 1. The summed E-state index contributed by atoms with van der Waals surface area (Å²) < 4.78 is 0. The van der Waals surface area contributed by atoms with Crippen LogP contribution in [0.5, 0.6) is 0 Å². The molecule has 1 atom stereocenters. The normalized spacial score (nSPS) is 18.3. The van der Waals surface area contributed by atoms with Crippen LogP contribution >= 0.6 is 11.6 Å². The van der Waals surface area contributed by atoms with E-state index < -0.39 is 0 Å². The molecule has 20 heavy (non-hydrogen) atoms. The fourth-order valence-electron chi connectivity index (χ4n) is 3.24. The molecule has 2 rings (SSSR count). The number of anilines is 1. The third kappa shape index (κ3) is 3.89. The predicted molar refractivity (Wildman–Crippen MR) is 88.7 cm³/mol. The second-order valence-corrected chi connectivity index (χ2v) is 6.55. The summed E-state index contributed by atoms with van der Waals surface area (Å²) in [5.41, 5.74) is 8.49. The van der Waals surface area contributed by atoms with E-state index in [1.54, 1.807) is 0 Å². The monoisotopic (exact) mass is 294 g/mol. The summed E-state index contributed by atoms with van der Waals surface area (Å²) in [5.74, 6) is 0.910. The maximum atomic E-state index is 6.39. The van der Waals surface area contributed by atoms with Crippen LogP contribution in [0, 0.1) is 5.92 Å². The summed E-state index contributed by atoms with van der Waals surface area (Å²) in [6.45, 7) is 6.62. The molecule has 1 heterocycles. The highest BCUT2D eigenvalue weighted by molar-refractivity contribution is 6.31. The summed E-state index contributed by atoms with van der Waals surface area (Å²) in [4.78, 5) is 2.50. The second kappa shape index (κ2) is 7.33. The molecule has 2 nitrogen and oxygen atoms in total. The Bertz CT molecular complexity index is 423. The van der Waals surface area contributed by atoms with E-state index in [2.05, 4.69) is 24.0 Å². The van der Waals surface area contributed by atoms with Crippen LogP contribution in [-0.2, 0) is 6.42 Å². The maximum absolute atomic E-state index is 6.39. The summed E-state index contributed by atoms with van der Waals surface area (Å²) in [5, 5.41) is 0.857. The Labute approximate surface area is 128 Å². The van der Waals surface area contributed by atoms with Crippen LogP contribution in [0.4, 0.5) is 5.69 Å². The van der Waals surface area contributed by atoms with Gasteiger partial charge >= 0.3 is 0 Å². The van der Waals surface area contributed by atoms with Gasteiger partial charge in [-0.05, 0) is 49.8 Å². The molecule has 0 bridgehead atoms. The van der Waals surface area contributed by atoms with Crippen molar-refractivity contribution in [2.75, 3.05) is 18.0 Å². The van der Waals surface area contributed by atoms with Gasteiger partial charge in [-0.1, -0.05) is 37.4 Å². The molecule has 2 N–H and O–H groups in total. The molecule has 1 aromatic rings. The van der Waals surface area contributed by atoms with E-state index in [4.69, 9.17) is 17.3 Å². The van der Waals surface area contributed by atoms with Gasteiger partial charge in [-0.3, -0.25) is 0 Å². The Morgan fingerprint density at radius 2 is 2.05 bits per heavy atom. The SMILES string of the molecule is CCCC1CCN(c2cccc(Cl)c2CC(C)N)CC1. The van der Waals surface area contributed by atoms with E-state index in [-0.39, 0.29) is 6.04 Å². The van der Waals surface area contributed by atoms with Gasteiger partial charge in [0.25, 0.3) is 0 Å². The zero-order valence-corrected chi connectivity index (χ0v) is 13.5. The molecule has 1 saturated heterocycles. The maximum Gasteiger partial charge on any atom is 0.0459 e.